The minimum Gasteiger partial charge on any atom is -0.497 e. The van der Waals surface area contributed by atoms with Crippen molar-refractivity contribution in [3.8, 4) is 5.75 Å². The monoisotopic (exact) mass is 492 g/mol. The number of carbonyl (C=O) groups excluding carboxylic acids is 2. The lowest BCUT2D eigenvalue weighted by Crippen LogP contribution is -2.46. The Kier molecular flexibility index (Phi) is 8.52. The van der Waals surface area contributed by atoms with Gasteiger partial charge in [0.1, 0.15) is 5.75 Å². The van der Waals surface area contributed by atoms with Crippen molar-refractivity contribution in [1.29, 1.82) is 0 Å². The van der Waals surface area contributed by atoms with Crippen LogP contribution >= 0.6 is 0 Å². The van der Waals surface area contributed by atoms with Crippen LogP contribution in [0.4, 0.5) is 11.4 Å². The van der Waals surface area contributed by atoms with Crippen LogP contribution in [0.1, 0.15) is 50.3 Å². The lowest BCUT2D eigenvalue weighted by Gasteiger charge is -2.35. The molecule has 2 aliphatic rings. The standard InChI is InChI=1S/C29H40N4O3/c1-5-7-14-33-27(34)20-25(28(33)22-8-11-24(36-4)12-9-22)29(35)30-26-13-10-23(19-21(26)3)32-17-15-31(6-2)16-18-32/h8-13,19,25,28H,5-7,14-18,20H2,1-4H3,(H,30,35). The second kappa shape index (κ2) is 11.8. The normalized spacial score (nSPS) is 20.6. The van der Waals surface area contributed by atoms with Crippen LogP contribution in [0, 0.1) is 12.8 Å². The predicted octanol–water partition coefficient (Wildman–Crippen LogP) is 4.47. The van der Waals surface area contributed by atoms with Gasteiger partial charge >= 0.3 is 0 Å². The van der Waals surface area contributed by atoms with Crippen LogP contribution in [0.3, 0.4) is 0 Å². The summed E-state index contributed by atoms with van der Waals surface area (Å²) in [6.45, 7) is 12.3. The highest BCUT2D eigenvalue weighted by atomic mass is 16.5. The maximum absolute atomic E-state index is 13.6. The summed E-state index contributed by atoms with van der Waals surface area (Å²) in [4.78, 5) is 33.3. The molecule has 4 rings (SSSR count). The number of benzene rings is 2. The second-order valence-corrected chi connectivity index (χ2v) is 9.88. The van der Waals surface area contributed by atoms with Gasteiger partial charge in [-0.05, 0) is 61.3 Å². The third-order valence-electron chi connectivity index (χ3n) is 7.63. The van der Waals surface area contributed by atoms with Crippen molar-refractivity contribution in [3.63, 3.8) is 0 Å². The van der Waals surface area contributed by atoms with Crippen LogP contribution in [0.25, 0.3) is 0 Å². The van der Waals surface area contributed by atoms with Crippen molar-refractivity contribution in [2.45, 2.75) is 46.1 Å². The van der Waals surface area contributed by atoms with E-state index in [-0.39, 0.29) is 24.3 Å². The number of nitrogens with one attached hydrogen (secondary N) is 1. The summed E-state index contributed by atoms with van der Waals surface area (Å²) in [7, 11) is 1.64. The van der Waals surface area contributed by atoms with Crippen LogP contribution in [0.2, 0.25) is 0 Å². The minimum absolute atomic E-state index is 0.0442. The summed E-state index contributed by atoms with van der Waals surface area (Å²) in [5, 5.41) is 3.15. The molecule has 2 saturated heterocycles. The van der Waals surface area contributed by atoms with Crippen molar-refractivity contribution in [2.75, 3.05) is 56.6 Å². The van der Waals surface area contributed by atoms with Crippen LogP contribution in [-0.2, 0) is 9.59 Å². The largest absolute Gasteiger partial charge is 0.497 e. The number of methoxy groups -OCH3 is 1. The van der Waals surface area contributed by atoms with Crippen molar-refractivity contribution < 1.29 is 14.3 Å². The molecule has 2 atom stereocenters. The summed E-state index contributed by atoms with van der Waals surface area (Å²) in [6.07, 6.45) is 2.14. The first-order valence-corrected chi connectivity index (χ1v) is 13.3. The Morgan fingerprint density at radius 3 is 2.39 bits per heavy atom. The Morgan fingerprint density at radius 1 is 1.06 bits per heavy atom. The number of unbranched alkanes of at least 4 members (excludes halogenated alkanes) is 1. The van der Waals surface area contributed by atoms with Gasteiger partial charge in [-0.3, -0.25) is 9.59 Å². The van der Waals surface area contributed by atoms with Crippen LogP contribution < -0.4 is 15.0 Å². The maximum atomic E-state index is 13.6. The molecule has 2 unspecified atom stereocenters. The molecule has 0 aliphatic carbocycles. The molecule has 7 heteroatoms. The van der Waals surface area contributed by atoms with E-state index in [0.717, 1.165) is 68.1 Å². The molecule has 0 aromatic heterocycles. The molecule has 36 heavy (non-hydrogen) atoms. The summed E-state index contributed by atoms with van der Waals surface area (Å²) in [6, 6.07) is 13.7. The zero-order valence-electron chi connectivity index (χ0n) is 22.1. The van der Waals surface area contributed by atoms with Gasteiger partial charge in [-0.1, -0.05) is 32.4 Å². The number of aryl methyl sites for hydroxylation is 1. The number of amides is 2. The van der Waals surface area contributed by atoms with Gasteiger partial charge in [0.05, 0.1) is 19.1 Å². The zero-order chi connectivity index (χ0) is 25.7. The number of carbonyl (C=O) groups is 2. The molecule has 194 valence electrons. The lowest BCUT2D eigenvalue weighted by atomic mass is 9.92. The molecule has 0 spiro atoms. The first kappa shape index (κ1) is 26.0. The van der Waals surface area contributed by atoms with Crippen LogP contribution in [0.5, 0.6) is 5.75 Å². The van der Waals surface area contributed by atoms with Crippen molar-refractivity contribution in [1.82, 2.24) is 9.80 Å². The molecule has 2 aliphatic heterocycles. The van der Waals surface area contributed by atoms with E-state index >= 15 is 0 Å². The maximum Gasteiger partial charge on any atom is 0.230 e. The predicted molar refractivity (Wildman–Crippen MR) is 145 cm³/mol. The van der Waals surface area contributed by atoms with Crippen LogP contribution in [-0.4, -0.2) is 68.0 Å². The van der Waals surface area contributed by atoms with Gasteiger partial charge < -0.3 is 24.8 Å². The van der Waals surface area contributed by atoms with E-state index in [1.165, 1.54) is 5.69 Å². The topological polar surface area (TPSA) is 65.1 Å². The highest BCUT2D eigenvalue weighted by Crippen LogP contribution is 2.40. The van der Waals surface area contributed by atoms with E-state index in [0.29, 0.717) is 6.54 Å². The quantitative estimate of drug-likeness (QED) is 0.559. The van der Waals surface area contributed by atoms with E-state index in [9.17, 15) is 9.59 Å². The van der Waals surface area contributed by atoms with E-state index in [4.69, 9.17) is 4.74 Å². The molecule has 2 heterocycles. The molecule has 2 aromatic rings. The van der Waals surface area contributed by atoms with E-state index in [2.05, 4.69) is 41.1 Å². The summed E-state index contributed by atoms with van der Waals surface area (Å²) < 4.78 is 5.31. The average Bonchev–Trinajstić information content (AvgIpc) is 3.24. The number of ether oxygens (including phenoxy) is 1. The Labute approximate surface area is 215 Å². The first-order chi connectivity index (χ1) is 17.4. The number of likely N-dealkylation sites (tertiary alicyclic amines) is 1. The molecule has 0 radical (unpaired) electrons. The molecule has 2 amide bonds. The summed E-state index contributed by atoms with van der Waals surface area (Å²) >= 11 is 0. The summed E-state index contributed by atoms with van der Waals surface area (Å²) in [5.74, 6) is 0.262. The molecule has 2 aromatic carbocycles. The Hall–Kier alpha value is -3.06. The lowest BCUT2D eigenvalue weighted by molar-refractivity contribution is -0.129. The molecule has 2 fully saturated rings. The van der Waals surface area contributed by atoms with Gasteiger partial charge in [0, 0.05) is 50.5 Å². The number of hydrogen-bond acceptors (Lipinski definition) is 5. The van der Waals surface area contributed by atoms with Gasteiger partial charge in [-0.25, -0.2) is 0 Å². The van der Waals surface area contributed by atoms with Gasteiger partial charge in [0.15, 0.2) is 0 Å². The highest BCUT2D eigenvalue weighted by Gasteiger charge is 2.44. The van der Waals surface area contributed by atoms with Gasteiger partial charge in [-0.15, -0.1) is 0 Å². The Bertz CT molecular complexity index is 1050. The Balaban J connectivity index is 1.51. The third kappa shape index (κ3) is 5.67. The van der Waals surface area contributed by atoms with E-state index in [1.54, 1.807) is 7.11 Å². The van der Waals surface area contributed by atoms with Gasteiger partial charge in [0.25, 0.3) is 0 Å². The highest BCUT2D eigenvalue weighted by molar-refractivity contribution is 5.98. The number of hydrogen-bond donors (Lipinski definition) is 1. The number of nitrogens with zero attached hydrogens (tertiary/aromatic N) is 3. The SMILES string of the molecule is CCCCN1C(=O)CC(C(=O)Nc2ccc(N3CCN(CC)CC3)cc2C)C1c1ccc(OC)cc1. The first-order valence-electron chi connectivity index (χ1n) is 13.3. The molecule has 0 saturated carbocycles. The van der Waals surface area contributed by atoms with Gasteiger partial charge in [0.2, 0.25) is 11.8 Å². The fraction of sp³-hybridized carbons (Fsp3) is 0.517. The van der Waals surface area contributed by atoms with Crippen molar-refractivity contribution in [2.24, 2.45) is 5.92 Å². The third-order valence-corrected chi connectivity index (χ3v) is 7.63. The van der Waals surface area contributed by atoms with Crippen LogP contribution in [0.15, 0.2) is 42.5 Å². The zero-order valence-corrected chi connectivity index (χ0v) is 22.1. The van der Waals surface area contributed by atoms with E-state index < -0.39 is 5.92 Å². The smallest absolute Gasteiger partial charge is 0.230 e. The van der Waals surface area contributed by atoms with Gasteiger partial charge in [-0.2, -0.15) is 0 Å². The minimum atomic E-state index is -0.441. The molecular weight excluding hydrogens is 452 g/mol. The fourth-order valence-corrected chi connectivity index (χ4v) is 5.36. The van der Waals surface area contributed by atoms with E-state index in [1.807, 2.05) is 42.2 Å². The number of piperazine rings is 1. The molecule has 7 nitrogen and oxygen atoms in total. The van der Waals surface area contributed by atoms with Crippen molar-refractivity contribution >= 4 is 23.2 Å². The number of anilines is 2. The Morgan fingerprint density at radius 2 is 1.78 bits per heavy atom. The number of rotatable bonds is 9. The number of likely N-dealkylation sites (N-methyl/N-ethyl adjacent to an activating group) is 1. The fourth-order valence-electron chi connectivity index (χ4n) is 5.36. The molecule has 1 N–H and O–H groups in total. The van der Waals surface area contributed by atoms with Crippen molar-refractivity contribution in [3.05, 3.63) is 53.6 Å². The summed E-state index contributed by atoms with van der Waals surface area (Å²) in [5.41, 5.74) is 4.01. The second-order valence-electron chi connectivity index (χ2n) is 9.88. The molecular formula is C29H40N4O3. The molecule has 0 bridgehead atoms. The average molecular weight is 493 g/mol.